The number of piperidine rings is 1. The van der Waals surface area contributed by atoms with Crippen LogP contribution in [0.5, 0.6) is 0 Å². The number of aryl methyl sites for hydroxylation is 1. The van der Waals surface area contributed by atoms with Crippen LogP contribution in [-0.2, 0) is 9.53 Å². The van der Waals surface area contributed by atoms with Crippen LogP contribution < -0.4 is 10.6 Å². The van der Waals surface area contributed by atoms with Crippen LogP contribution in [0.2, 0.25) is 0 Å². The molecule has 1 aliphatic carbocycles. The van der Waals surface area contributed by atoms with Crippen molar-refractivity contribution in [3.05, 3.63) is 23.5 Å². The number of likely N-dealkylation sites (tertiary alicyclic amines) is 1. The Bertz CT molecular complexity index is 1010. The predicted molar refractivity (Wildman–Crippen MR) is 125 cm³/mol. The smallest absolute Gasteiger partial charge is 0.228 e. The number of carbonyl (C=O) groups is 1. The molecule has 0 radical (unpaired) electrons. The molecule has 9 heteroatoms. The van der Waals surface area contributed by atoms with Gasteiger partial charge in [-0.3, -0.25) is 4.79 Å². The van der Waals surface area contributed by atoms with Gasteiger partial charge in [0.25, 0.3) is 0 Å². The minimum atomic E-state index is -0.751. The summed E-state index contributed by atoms with van der Waals surface area (Å²) in [6, 6.07) is 2.12. The summed E-state index contributed by atoms with van der Waals surface area (Å²) in [4.78, 5) is 22.7. The van der Waals surface area contributed by atoms with Gasteiger partial charge >= 0.3 is 0 Å². The van der Waals surface area contributed by atoms with Gasteiger partial charge in [0.1, 0.15) is 5.82 Å². The highest BCUT2D eigenvalue weighted by molar-refractivity contribution is 5.80. The summed E-state index contributed by atoms with van der Waals surface area (Å²) in [5, 5.41) is 15.6. The Hall–Kier alpha value is -2.23. The number of nitrogens with two attached hydrogens (primary N) is 1. The third kappa shape index (κ3) is 4.22. The molecule has 3 fully saturated rings. The molecule has 2 aliphatic heterocycles. The number of hydrogen-bond acceptors (Lipinski definition) is 7. The average molecular weight is 457 g/mol. The average Bonchev–Trinajstić information content (AvgIpc) is 3.44. The summed E-state index contributed by atoms with van der Waals surface area (Å²) >= 11 is 0. The zero-order chi connectivity index (χ0) is 23.1. The van der Waals surface area contributed by atoms with Gasteiger partial charge in [0.2, 0.25) is 5.91 Å². The highest BCUT2D eigenvalue weighted by atomic mass is 16.5. The van der Waals surface area contributed by atoms with E-state index in [4.69, 9.17) is 20.6 Å². The predicted octanol–water partition coefficient (Wildman–Crippen LogP) is 1.80. The van der Waals surface area contributed by atoms with Gasteiger partial charge in [-0.25, -0.2) is 9.50 Å². The normalized spacial score (nSPS) is 30.8. The van der Waals surface area contributed by atoms with Crippen LogP contribution in [0.1, 0.15) is 62.2 Å². The fourth-order valence-electron chi connectivity index (χ4n) is 5.86. The van der Waals surface area contributed by atoms with Crippen molar-refractivity contribution >= 4 is 17.4 Å². The number of aliphatic hydroxyl groups excluding tert-OH is 1. The molecule has 9 nitrogen and oxygen atoms in total. The van der Waals surface area contributed by atoms with E-state index in [1.165, 1.54) is 0 Å². The monoisotopic (exact) mass is 456 g/mol. The Morgan fingerprint density at radius 2 is 2.03 bits per heavy atom. The first-order chi connectivity index (χ1) is 16.0. The number of aromatic nitrogens is 3. The summed E-state index contributed by atoms with van der Waals surface area (Å²) in [5.74, 6) is 0.587. The third-order valence-corrected chi connectivity index (χ3v) is 7.69. The number of anilines is 1. The molecule has 33 heavy (non-hydrogen) atoms. The van der Waals surface area contributed by atoms with Crippen LogP contribution in [-0.4, -0.2) is 75.5 Å². The van der Waals surface area contributed by atoms with Crippen LogP contribution >= 0.6 is 0 Å². The van der Waals surface area contributed by atoms with Crippen LogP contribution in [0.15, 0.2) is 12.3 Å². The molecule has 5 atom stereocenters. The topological polar surface area (TPSA) is 109 Å². The Kier molecular flexibility index (Phi) is 6.28. The first-order valence-electron chi connectivity index (χ1n) is 12.3. The van der Waals surface area contributed by atoms with Crippen molar-refractivity contribution in [1.82, 2.24) is 19.5 Å². The molecule has 3 N–H and O–H groups in total. The maximum atomic E-state index is 13.6. The van der Waals surface area contributed by atoms with Gasteiger partial charge in [-0.2, -0.15) is 5.10 Å². The number of fused-ring (bicyclic) bond motifs is 1. The second-order valence-electron chi connectivity index (χ2n) is 9.96. The SMILES string of the molecule is COC1CCCC(C(=O)N2CCCCC2c2cc3nc(N4CCC(N)C4)c(C)cn3n2)C1O. The van der Waals surface area contributed by atoms with Crippen LogP contribution in [0.3, 0.4) is 0 Å². The van der Waals surface area contributed by atoms with Gasteiger partial charge in [-0.15, -0.1) is 0 Å². The Labute approximate surface area is 194 Å². The molecule has 5 unspecified atom stereocenters. The summed E-state index contributed by atoms with van der Waals surface area (Å²) in [7, 11) is 1.61. The standard InChI is InChI=1S/C24H36N6O3/c1-15-13-30-21(26-23(15)28-11-9-16(25)14-28)12-18(27-30)19-7-3-4-10-29(19)24(32)17-6-5-8-20(33-2)22(17)31/h12-13,16-17,19-20,22,31H,3-11,14,25H2,1-2H3. The molecule has 1 amide bonds. The molecule has 5 rings (SSSR count). The van der Waals surface area contributed by atoms with Gasteiger partial charge in [-0.05, 0) is 51.9 Å². The fourth-order valence-corrected chi connectivity index (χ4v) is 5.86. The molecule has 180 valence electrons. The Balaban J connectivity index is 1.42. The molecule has 2 saturated heterocycles. The van der Waals surface area contributed by atoms with Crippen molar-refractivity contribution in [3.63, 3.8) is 0 Å². The summed E-state index contributed by atoms with van der Waals surface area (Å²) in [5.41, 5.74) is 8.84. The lowest BCUT2D eigenvalue weighted by atomic mass is 9.82. The molecular formula is C24H36N6O3. The molecule has 2 aromatic rings. The van der Waals surface area contributed by atoms with Crippen molar-refractivity contribution in [2.24, 2.45) is 11.7 Å². The quantitative estimate of drug-likeness (QED) is 0.722. The van der Waals surface area contributed by atoms with Crippen LogP contribution in [0, 0.1) is 12.8 Å². The molecular weight excluding hydrogens is 420 g/mol. The van der Waals surface area contributed by atoms with Gasteiger partial charge in [0.15, 0.2) is 5.65 Å². The van der Waals surface area contributed by atoms with Crippen molar-refractivity contribution in [2.75, 3.05) is 31.6 Å². The first-order valence-corrected chi connectivity index (χ1v) is 12.3. The van der Waals surface area contributed by atoms with Gasteiger partial charge < -0.3 is 25.4 Å². The van der Waals surface area contributed by atoms with Crippen molar-refractivity contribution in [1.29, 1.82) is 0 Å². The van der Waals surface area contributed by atoms with E-state index in [1.807, 2.05) is 21.7 Å². The van der Waals surface area contributed by atoms with E-state index in [0.29, 0.717) is 13.0 Å². The Morgan fingerprint density at radius 1 is 1.18 bits per heavy atom. The van der Waals surface area contributed by atoms with E-state index in [1.54, 1.807) is 7.11 Å². The number of ether oxygens (including phenoxy) is 1. The zero-order valence-electron chi connectivity index (χ0n) is 19.7. The maximum Gasteiger partial charge on any atom is 0.228 e. The van der Waals surface area contributed by atoms with E-state index in [2.05, 4.69) is 11.8 Å². The highest BCUT2D eigenvalue weighted by Crippen LogP contribution is 2.36. The zero-order valence-corrected chi connectivity index (χ0v) is 19.7. The van der Waals surface area contributed by atoms with Crippen LogP contribution in [0.25, 0.3) is 5.65 Å². The lowest BCUT2D eigenvalue weighted by Gasteiger charge is -2.40. The molecule has 0 spiro atoms. The number of hydrogen-bond donors (Lipinski definition) is 2. The number of nitrogens with zero attached hydrogens (tertiary/aromatic N) is 5. The Morgan fingerprint density at radius 3 is 2.79 bits per heavy atom. The third-order valence-electron chi connectivity index (χ3n) is 7.69. The molecule has 4 heterocycles. The minimum absolute atomic E-state index is 0.0295. The number of amides is 1. The second kappa shape index (κ2) is 9.19. The maximum absolute atomic E-state index is 13.6. The summed E-state index contributed by atoms with van der Waals surface area (Å²) < 4.78 is 7.27. The minimum Gasteiger partial charge on any atom is -0.390 e. The lowest BCUT2D eigenvalue weighted by molar-refractivity contribution is -0.151. The second-order valence-corrected chi connectivity index (χ2v) is 9.96. The largest absolute Gasteiger partial charge is 0.390 e. The highest BCUT2D eigenvalue weighted by Gasteiger charge is 2.41. The van der Waals surface area contributed by atoms with E-state index >= 15 is 0 Å². The first kappa shape index (κ1) is 22.6. The van der Waals surface area contributed by atoms with E-state index in [-0.39, 0.29) is 24.1 Å². The number of aliphatic hydroxyl groups is 1. The fraction of sp³-hybridized carbons (Fsp3) is 0.708. The van der Waals surface area contributed by atoms with Crippen molar-refractivity contribution in [3.8, 4) is 0 Å². The van der Waals surface area contributed by atoms with Crippen molar-refractivity contribution < 1.29 is 14.6 Å². The lowest BCUT2D eigenvalue weighted by Crippen LogP contribution is -2.50. The molecule has 1 saturated carbocycles. The number of rotatable bonds is 4. The van der Waals surface area contributed by atoms with Gasteiger partial charge in [0.05, 0.1) is 29.9 Å². The van der Waals surface area contributed by atoms with E-state index < -0.39 is 12.0 Å². The van der Waals surface area contributed by atoms with E-state index in [0.717, 1.165) is 74.3 Å². The molecule has 2 aromatic heterocycles. The number of methoxy groups -OCH3 is 1. The summed E-state index contributed by atoms with van der Waals surface area (Å²) in [6.07, 6.45) is 7.28. The number of carbonyl (C=O) groups excluding carboxylic acids is 1. The van der Waals surface area contributed by atoms with Gasteiger partial charge in [-0.1, -0.05) is 0 Å². The van der Waals surface area contributed by atoms with E-state index in [9.17, 15) is 9.90 Å². The van der Waals surface area contributed by atoms with Crippen LogP contribution in [0.4, 0.5) is 5.82 Å². The summed E-state index contributed by atoms with van der Waals surface area (Å²) in [6.45, 7) is 4.49. The molecule has 0 bridgehead atoms. The molecule has 3 aliphatic rings. The van der Waals surface area contributed by atoms with Crippen molar-refractivity contribution in [2.45, 2.75) is 76.2 Å². The van der Waals surface area contributed by atoms with Gasteiger partial charge in [0, 0.05) is 50.6 Å². The molecule has 0 aromatic carbocycles.